The first-order chi connectivity index (χ1) is 14.6. The average molecular weight is 435 g/mol. The second-order valence-electron chi connectivity index (χ2n) is 8.01. The largest absolute Gasteiger partial charge is 0.407 e. The molecule has 1 aromatic heterocycles. The molecule has 6 nitrogen and oxygen atoms in total. The molecule has 1 unspecified atom stereocenters. The molecule has 31 heavy (non-hydrogen) atoms. The fourth-order valence-electron chi connectivity index (χ4n) is 3.55. The van der Waals surface area contributed by atoms with Gasteiger partial charge in [-0.15, -0.1) is 0 Å². The van der Waals surface area contributed by atoms with E-state index in [1.54, 1.807) is 23.1 Å². The predicted octanol–water partition coefficient (Wildman–Crippen LogP) is 3.45. The number of carbonyl (C=O) groups excluding carboxylic acids is 1. The lowest BCUT2D eigenvalue weighted by atomic mass is 10.1. The first kappa shape index (κ1) is 23.0. The highest BCUT2D eigenvalue weighted by Gasteiger charge is 2.41. The molecule has 2 heterocycles. The summed E-state index contributed by atoms with van der Waals surface area (Å²) in [6.07, 6.45) is -4.49. The minimum atomic E-state index is -4.49. The van der Waals surface area contributed by atoms with Crippen LogP contribution in [0.15, 0.2) is 36.4 Å². The highest BCUT2D eigenvalue weighted by molar-refractivity contribution is 5.78. The van der Waals surface area contributed by atoms with Crippen molar-refractivity contribution in [1.82, 2.24) is 20.2 Å². The minimum absolute atomic E-state index is 0.0905. The molecule has 1 saturated heterocycles. The molecule has 1 fully saturated rings. The quantitative estimate of drug-likeness (QED) is 0.753. The first-order valence-corrected chi connectivity index (χ1v) is 10.4. The Balaban J connectivity index is 1.58. The van der Waals surface area contributed by atoms with E-state index in [1.165, 1.54) is 12.1 Å². The number of hydrogen-bond acceptors (Lipinski definition) is 5. The Morgan fingerprint density at radius 2 is 1.74 bits per heavy atom. The number of anilines is 1. The monoisotopic (exact) mass is 435 g/mol. The third kappa shape index (κ3) is 5.94. The van der Waals surface area contributed by atoms with Crippen LogP contribution in [0.5, 0.6) is 0 Å². The summed E-state index contributed by atoms with van der Waals surface area (Å²) in [4.78, 5) is 25.3. The van der Waals surface area contributed by atoms with Gasteiger partial charge in [0.05, 0.1) is 6.54 Å². The number of rotatable bonds is 6. The molecule has 1 aliphatic heterocycles. The Morgan fingerprint density at radius 1 is 1.10 bits per heavy atom. The second-order valence-corrected chi connectivity index (χ2v) is 8.01. The molecule has 1 N–H and O–H groups in total. The van der Waals surface area contributed by atoms with Gasteiger partial charge in [-0.2, -0.15) is 13.2 Å². The van der Waals surface area contributed by atoms with E-state index >= 15 is 0 Å². The minimum Gasteiger partial charge on any atom is -0.353 e. The molecule has 1 aromatic carbocycles. The molecule has 0 bridgehead atoms. The highest BCUT2D eigenvalue weighted by atomic mass is 19.4. The molecule has 9 heteroatoms. The molecule has 0 saturated carbocycles. The number of amides is 1. The number of nitrogens with zero attached hydrogens (tertiary/aromatic N) is 4. The summed E-state index contributed by atoms with van der Waals surface area (Å²) in [5, 5.41) is 2.39. The molecule has 1 atom stereocenters. The van der Waals surface area contributed by atoms with Crippen LogP contribution in [0, 0.1) is 6.92 Å². The van der Waals surface area contributed by atoms with Crippen molar-refractivity contribution in [3.63, 3.8) is 0 Å². The summed E-state index contributed by atoms with van der Waals surface area (Å²) in [6.45, 7) is 7.63. The Kier molecular flexibility index (Phi) is 7.15. The zero-order valence-electron chi connectivity index (χ0n) is 18.0. The third-order valence-corrected chi connectivity index (χ3v) is 5.25. The van der Waals surface area contributed by atoms with Gasteiger partial charge in [0, 0.05) is 43.9 Å². The Morgan fingerprint density at radius 3 is 2.32 bits per heavy atom. The number of benzene rings is 1. The molecule has 0 aliphatic carbocycles. The Labute approximate surface area is 180 Å². The van der Waals surface area contributed by atoms with E-state index in [-0.39, 0.29) is 23.9 Å². The van der Waals surface area contributed by atoms with Crippen LogP contribution in [-0.4, -0.2) is 59.7 Å². The van der Waals surface area contributed by atoms with Crippen LogP contribution in [0.25, 0.3) is 0 Å². The lowest BCUT2D eigenvalue weighted by molar-refractivity contribution is -0.159. The fraction of sp³-hybridized carbons (Fsp3) is 0.500. The summed E-state index contributed by atoms with van der Waals surface area (Å²) in [7, 11) is 0. The lowest BCUT2D eigenvalue weighted by Crippen LogP contribution is -2.52. The number of aromatic nitrogens is 2. The number of carbonyl (C=O) groups is 1. The van der Waals surface area contributed by atoms with Crippen molar-refractivity contribution in [2.75, 3.05) is 37.6 Å². The number of aryl methyl sites for hydroxylation is 1. The smallest absolute Gasteiger partial charge is 0.353 e. The van der Waals surface area contributed by atoms with Crippen molar-refractivity contribution in [1.29, 1.82) is 0 Å². The van der Waals surface area contributed by atoms with Crippen molar-refractivity contribution in [3.8, 4) is 0 Å². The molecule has 2 aromatic rings. The van der Waals surface area contributed by atoms with E-state index in [4.69, 9.17) is 0 Å². The normalized spacial score (nSPS) is 16.0. The molecule has 3 rings (SSSR count). The predicted molar refractivity (Wildman–Crippen MR) is 113 cm³/mol. The SMILES string of the molecule is Cc1cc(N2CCN(C(=O)CNC(c3ccccc3)C(F)(F)F)CC2)nc(C(C)C)n1. The van der Waals surface area contributed by atoms with Gasteiger partial charge in [0.25, 0.3) is 0 Å². The van der Waals surface area contributed by atoms with Gasteiger partial charge >= 0.3 is 6.18 Å². The van der Waals surface area contributed by atoms with Crippen LogP contribution in [0.4, 0.5) is 19.0 Å². The third-order valence-electron chi connectivity index (χ3n) is 5.25. The summed E-state index contributed by atoms with van der Waals surface area (Å²) in [5.74, 6) is 1.46. The Hall–Kier alpha value is -2.68. The van der Waals surface area contributed by atoms with E-state index in [0.29, 0.717) is 26.2 Å². The molecular weight excluding hydrogens is 407 g/mol. The number of alkyl halides is 3. The maximum atomic E-state index is 13.5. The van der Waals surface area contributed by atoms with Gasteiger partial charge in [-0.1, -0.05) is 44.2 Å². The van der Waals surface area contributed by atoms with E-state index in [9.17, 15) is 18.0 Å². The molecule has 0 radical (unpaired) electrons. The molecule has 168 valence electrons. The standard InChI is InChI=1S/C22H28F3N5O/c1-15(2)21-27-16(3)13-18(28-21)29-9-11-30(12-10-29)19(31)14-26-20(22(23,24)25)17-7-5-4-6-8-17/h4-8,13,15,20,26H,9-12,14H2,1-3H3. The van der Waals surface area contributed by atoms with Crippen molar-refractivity contribution in [2.45, 2.75) is 38.9 Å². The number of halogens is 3. The van der Waals surface area contributed by atoms with Gasteiger partial charge in [0.2, 0.25) is 5.91 Å². The van der Waals surface area contributed by atoms with Crippen molar-refractivity contribution < 1.29 is 18.0 Å². The van der Waals surface area contributed by atoms with E-state index in [1.807, 2.05) is 26.8 Å². The van der Waals surface area contributed by atoms with Gasteiger partial charge in [-0.05, 0) is 12.5 Å². The highest BCUT2D eigenvalue weighted by Crippen LogP contribution is 2.32. The average Bonchev–Trinajstić information content (AvgIpc) is 2.73. The van der Waals surface area contributed by atoms with Gasteiger partial charge in [0.15, 0.2) is 0 Å². The Bertz CT molecular complexity index is 880. The zero-order valence-corrected chi connectivity index (χ0v) is 18.0. The summed E-state index contributed by atoms with van der Waals surface area (Å²) >= 11 is 0. The van der Waals surface area contributed by atoms with Crippen LogP contribution in [0.1, 0.15) is 42.9 Å². The van der Waals surface area contributed by atoms with Crippen LogP contribution < -0.4 is 10.2 Å². The molecule has 1 aliphatic rings. The second kappa shape index (κ2) is 9.64. The van der Waals surface area contributed by atoms with Gasteiger partial charge in [-0.25, -0.2) is 9.97 Å². The number of piperazine rings is 1. The van der Waals surface area contributed by atoms with Gasteiger partial charge < -0.3 is 9.80 Å². The topological polar surface area (TPSA) is 61.4 Å². The van der Waals surface area contributed by atoms with E-state index < -0.39 is 12.2 Å². The van der Waals surface area contributed by atoms with Crippen molar-refractivity contribution in [3.05, 3.63) is 53.5 Å². The zero-order chi connectivity index (χ0) is 22.6. The maximum absolute atomic E-state index is 13.5. The van der Waals surface area contributed by atoms with E-state index in [2.05, 4.69) is 20.2 Å². The lowest BCUT2D eigenvalue weighted by Gasteiger charge is -2.36. The maximum Gasteiger partial charge on any atom is 0.407 e. The van der Waals surface area contributed by atoms with Crippen LogP contribution in [0.2, 0.25) is 0 Å². The molecule has 1 amide bonds. The van der Waals surface area contributed by atoms with E-state index in [0.717, 1.165) is 17.3 Å². The summed E-state index contributed by atoms with van der Waals surface area (Å²) < 4.78 is 40.4. The van der Waals surface area contributed by atoms with Crippen LogP contribution in [-0.2, 0) is 4.79 Å². The molecular formula is C22H28F3N5O. The molecule has 0 spiro atoms. The van der Waals surface area contributed by atoms with Crippen LogP contribution in [0.3, 0.4) is 0 Å². The van der Waals surface area contributed by atoms with Gasteiger partial charge in [-0.3, -0.25) is 10.1 Å². The summed E-state index contributed by atoms with van der Waals surface area (Å²) in [6, 6.07) is 7.61. The van der Waals surface area contributed by atoms with Crippen molar-refractivity contribution in [2.24, 2.45) is 0 Å². The first-order valence-electron chi connectivity index (χ1n) is 10.4. The number of nitrogens with one attached hydrogen (secondary N) is 1. The summed E-state index contributed by atoms with van der Waals surface area (Å²) in [5.41, 5.74) is 0.975. The van der Waals surface area contributed by atoms with Gasteiger partial charge in [0.1, 0.15) is 17.7 Å². The number of hydrogen-bond donors (Lipinski definition) is 1. The fourth-order valence-corrected chi connectivity index (χ4v) is 3.55. The van der Waals surface area contributed by atoms with Crippen LogP contribution >= 0.6 is 0 Å². The van der Waals surface area contributed by atoms with Crippen molar-refractivity contribution >= 4 is 11.7 Å².